The van der Waals surface area contributed by atoms with Crippen molar-refractivity contribution in [2.75, 3.05) is 18.5 Å². The van der Waals surface area contributed by atoms with Crippen molar-refractivity contribution in [3.05, 3.63) is 23.5 Å². The maximum Gasteiger partial charge on any atom is 0.339 e. The monoisotopic (exact) mass is 236 g/mol. The lowest BCUT2D eigenvalue weighted by Crippen LogP contribution is -2.30. The number of anilines is 1. The minimum absolute atomic E-state index is 0.113. The number of pyridine rings is 1. The fourth-order valence-corrected chi connectivity index (χ4v) is 1.82. The first-order valence-corrected chi connectivity index (χ1v) is 5.62. The van der Waals surface area contributed by atoms with Gasteiger partial charge in [-0.3, -0.25) is 4.98 Å². The molecule has 1 N–H and O–H groups in total. The summed E-state index contributed by atoms with van der Waals surface area (Å²) in [5.41, 5.74) is 1.91. The highest BCUT2D eigenvalue weighted by Crippen LogP contribution is 2.24. The zero-order valence-electron chi connectivity index (χ0n) is 11.1. The number of carbonyl (C=O) groups is 1. The first kappa shape index (κ1) is 13.5. The fraction of sp³-hybridized carbons (Fsp3) is 0.538. The van der Waals surface area contributed by atoms with E-state index in [1.54, 1.807) is 0 Å². The number of nitrogens with zero attached hydrogens (tertiary/aromatic N) is 2. The largest absolute Gasteiger partial charge is 0.478 e. The molecule has 0 spiro atoms. The van der Waals surface area contributed by atoms with Crippen LogP contribution in [-0.2, 0) is 0 Å². The highest BCUT2D eigenvalue weighted by molar-refractivity contribution is 5.94. The molecule has 94 valence electrons. The van der Waals surface area contributed by atoms with Crippen LogP contribution in [0.25, 0.3) is 0 Å². The Morgan fingerprint density at radius 2 is 2.06 bits per heavy atom. The second kappa shape index (κ2) is 4.73. The molecule has 0 radical (unpaired) electrons. The summed E-state index contributed by atoms with van der Waals surface area (Å²) in [7, 11) is 1.91. The number of carboxylic acids is 1. The van der Waals surface area contributed by atoms with E-state index in [9.17, 15) is 4.79 Å². The molecule has 0 aliphatic rings. The smallest absolute Gasteiger partial charge is 0.339 e. The molecule has 0 amide bonds. The van der Waals surface area contributed by atoms with Crippen LogP contribution in [0.1, 0.15) is 36.8 Å². The van der Waals surface area contributed by atoms with E-state index in [1.165, 1.54) is 6.20 Å². The van der Waals surface area contributed by atoms with Gasteiger partial charge in [-0.15, -0.1) is 0 Å². The minimum atomic E-state index is -0.937. The molecule has 17 heavy (non-hydrogen) atoms. The topological polar surface area (TPSA) is 53.4 Å². The third-order valence-corrected chi connectivity index (χ3v) is 2.37. The molecule has 0 fully saturated rings. The molecule has 0 aliphatic heterocycles. The van der Waals surface area contributed by atoms with Crippen LogP contribution in [0.4, 0.5) is 5.69 Å². The van der Waals surface area contributed by atoms with Gasteiger partial charge in [-0.05, 0) is 18.4 Å². The molecule has 4 nitrogen and oxygen atoms in total. The molecule has 0 atom stereocenters. The van der Waals surface area contributed by atoms with Crippen LogP contribution in [0, 0.1) is 12.3 Å². The quantitative estimate of drug-likeness (QED) is 0.876. The Morgan fingerprint density at radius 3 is 2.53 bits per heavy atom. The Morgan fingerprint density at radius 1 is 1.47 bits per heavy atom. The molecule has 1 heterocycles. The molecule has 0 unspecified atom stereocenters. The Labute approximate surface area is 102 Å². The normalized spacial score (nSPS) is 11.4. The van der Waals surface area contributed by atoms with Crippen LogP contribution in [0.3, 0.4) is 0 Å². The highest BCUT2D eigenvalue weighted by atomic mass is 16.4. The third kappa shape index (κ3) is 3.73. The zero-order chi connectivity index (χ0) is 13.2. The number of hydrogen-bond donors (Lipinski definition) is 1. The van der Waals surface area contributed by atoms with Gasteiger partial charge in [-0.2, -0.15) is 0 Å². The molecule has 1 aromatic heterocycles. The molecule has 1 aromatic rings. The van der Waals surface area contributed by atoms with Crippen molar-refractivity contribution in [2.45, 2.75) is 27.7 Å². The molecule has 1 rings (SSSR count). The summed E-state index contributed by atoms with van der Waals surface area (Å²) < 4.78 is 0. The van der Waals surface area contributed by atoms with Crippen LogP contribution in [0.2, 0.25) is 0 Å². The second-order valence-corrected chi connectivity index (χ2v) is 5.56. The van der Waals surface area contributed by atoms with E-state index < -0.39 is 5.97 Å². The van der Waals surface area contributed by atoms with Crippen LogP contribution >= 0.6 is 0 Å². The Hall–Kier alpha value is -1.58. The molecule has 0 aromatic carbocycles. The van der Waals surface area contributed by atoms with E-state index in [0.29, 0.717) is 0 Å². The average molecular weight is 236 g/mol. The summed E-state index contributed by atoms with van der Waals surface area (Å²) in [5.74, 6) is -0.937. The van der Waals surface area contributed by atoms with Gasteiger partial charge >= 0.3 is 5.97 Å². The molecular formula is C13H20N2O2. The van der Waals surface area contributed by atoms with Crippen molar-refractivity contribution in [3.8, 4) is 0 Å². The Balaban J connectivity index is 3.10. The lowest BCUT2D eigenvalue weighted by atomic mass is 9.96. The Kier molecular flexibility index (Phi) is 3.76. The SMILES string of the molecule is Cc1cc(N(C)CC(C)(C)C)c(C(=O)O)cn1. The lowest BCUT2D eigenvalue weighted by molar-refractivity contribution is 0.0697. The van der Waals surface area contributed by atoms with Crippen LogP contribution in [-0.4, -0.2) is 29.7 Å². The van der Waals surface area contributed by atoms with Gasteiger partial charge in [0.25, 0.3) is 0 Å². The predicted octanol–water partition coefficient (Wildman–Crippen LogP) is 2.57. The van der Waals surface area contributed by atoms with Gasteiger partial charge in [0.05, 0.1) is 5.69 Å². The standard InChI is InChI=1S/C13H20N2O2/c1-9-6-11(10(7-14-9)12(16)17)15(5)8-13(2,3)4/h6-7H,8H2,1-5H3,(H,16,17). The summed E-state index contributed by atoms with van der Waals surface area (Å²) in [4.78, 5) is 17.1. The van der Waals surface area contributed by atoms with E-state index in [4.69, 9.17) is 5.11 Å². The summed E-state index contributed by atoms with van der Waals surface area (Å²) in [6.45, 7) is 9.02. The first-order valence-electron chi connectivity index (χ1n) is 5.62. The minimum Gasteiger partial charge on any atom is -0.478 e. The van der Waals surface area contributed by atoms with E-state index in [0.717, 1.165) is 17.9 Å². The van der Waals surface area contributed by atoms with E-state index >= 15 is 0 Å². The molecule has 0 saturated heterocycles. The predicted molar refractivity (Wildman–Crippen MR) is 68.7 cm³/mol. The van der Waals surface area contributed by atoms with Gasteiger partial charge in [-0.25, -0.2) is 4.79 Å². The van der Waals surface area contributed by atoms with Crippen molar-refractivity contribution in [2.24, 2.45) is 5.41 Å². The van der Waals surface area contributed by atoms with Crippen LogP contribution in [0.15, 0.2) is 12.3 Å². The van der Waals surface area contributed by atoms with Gasteiger partial charge in [0.2, 0.25) is 0 Å². The van der Waals surface area contributed by atoms with Crippen LogP contribution in [0.5, 0.6) is 0 Å². The van der Waals surface area contributed by atoms with Crippen molar-refractivity contribution < 1.29 is 9.90 Å². The summed E-state index contributed by atoms with van der Waals surface area (Å²) >= 11 is 0. The zero-order valence-corrected chi connectivity index (χ0v) is 11.1. The summed E-state index contributed by atoms with van der Waals surface area (Å²) in [6.07, 6.45) is 1.42. The summed E-state index contributed by atoms with van der Waals surface area (Å²) in [6, 6.07) is 1.81. The first-order chi connectivity index (χ1) is 7.70. The average Bonchev–Trinajstić information content (AvgIpc) is 2.14. The molecule has 0 bridgehead atoms. The maximum absolute atomic E-state index is 11.1. The highest BCUT2D eigenvalue weighted by Gasteiger charge is 2.19. The van der Waals surface area contributed by atoms with Gasteiger partial charge < -0.3 is 10.0 Å². The van der Waals surface area contributed by atoms with E-state index in [-0.39, 0.29) is 11.0 Å². The number of carboxylic acid groups (broad SMARTS) is 1. The lowest BCUT2D eigenvalue weighted by Gasteiger charge is -2.29. The Bertz CT molecular complexity index is 422. The van der Waals surface area contributed by atoms with Gasteiger partial charge in [-0.1, -0.05) is 20.8 Å². The maximum atomic E-state index is 11.1. The number of aromatic nitrogens is 1. The number of hydrogen-bond acceptors (Lipinski definition) is 3. The number of aromatic carboxylic acids is 1. The van der Waals surface area contributed by atoms with Gasteiger partial charge in [0, 0.05) is 25.5 Å². The number of aryl methyl sites for hydroxylation is 1. The van der Waals surface area contributed by atoms with E-state index in [2.05, 4.69) is 25.8 Å². The third-order valence-electron chi connectivity index (χ3n) is 2.37. The fourth-order valence-electron chi connectivity index (χ4n) is 1.82. The molecule has 0 aliphatic carbocycles. The van der Waals surface area contributed by atoms with Crippen molar-refractivity contribution in [1.82, 2.24) is 4.98 Å². The number of rotatable bonds is 3. The second-order valence-electron chi connectivity index (χ2n) is 5.56. The van der Waals surface area contributed by atoms with Crippen molar-refractivity contribution in [1.29, 1.82) is 0 Å². The van der Waals surface area contributed by atoms with Crippen molar-refractivity contribution >= 4 is 11.7 Å². The molecular weight excluding hydrogens is 216 g/mol. The van der Waals surface area contributed by atoms with Gasteiger partial charge in [0.1, 0.15) is 5.56 Å². The molecule has 4 heteroatoms. The van der Waals surface area contributed by atoms with Crippen LogP contribution < -0.4 is 4.90 Å². The summed E-state index contributed by atoms with van der Waals surface area (Å²) in [5, 5.41) is 9.14. The van der Waals surface area contributed by atoms with E-state index in [1.807, 2.05) is 24.9 Å². The van der Waals surface area contributed by atoms with Crippen molar-refractivity contribution in [3.63, 3.8) is 0 Å². The molecule has 0 saturated carbocycles. The van der Waals surface area contributed by atoms with Gasteiger partial charge in [0.15, 0.2) is 0 Å².